The molecule has 3 rings (SSSR count). The Kier molecular flexibility index (Phi) is 3.98. The largest absolute Gasteiger partial charge is 0.305 e. The first-order chi connectivity index (χ1) is 10.2. The van der Waals surface area contributed by atoms with Gasteiger partial charge in [0, 0.05) is 11.7 Å². The van der Waals surface area contributed by atoms with Crippen molar-refractivity contribution < 1.29 is 4.79 Å². The molecule has 1 saturated carbocycles. The van der Waals surface area contributed by atoms with Crippen molar-refractivity contribution in [3.63, 3.8) is 0 Å². The Morgan fingerprint density at radius 2 is 1.71 bits per heavy atom. The molecule has 1 fully saturated rings. The number of carbonyl (C=O) groups is 1. The summed E-state index contributed by atoms with van der Waals surface area (Å²) >= 11 is 6.20. The lowest BCUT2D eigenvalue weighted by Gasteiger charge is -2.30. The third-order valence-corrected chi connectivity index (χ3v) is 4.40. The number of hydrogen-bond acceptors (Lipinski definition) is 1. The van der Waals surface area contributed by atoms with Gasteiger partial charge in [-0.2, -0.15) is 0 Å². The Morgan fingerprint density at radius 1 is 1.10 bits per heavy atom. The molecule has 0 unspecified atom stereocenters. The third kappa shape index (κ3) is 2.96. The van der Waals surface area contributed by atoms with E-state index in [-0.39, 0.29) is 11.9 Å². The monoisotopic (exact) mass is 299 g/mol. The van der Waals surface area contributed by atoms with E-state index in [1.54, 1.807) is 12.1 Å². The molecule has 0 spiro atoms. The van der Waals surface area contributed by atoms with E-state index in [1.807, 2.05) is 47.4 Å². The molecule has 0 heterocycles. The van der Waals surface area contributed by atoms with Crippen molar-refractivity contribution in [1.29, 1.82) is 0 Å². The van der Waals surface area contributed by atoms with Crippen molar-refractivity contribution in [2.75, 3.05) is 4.90 Å². The molecule has 21 heavy (non-hydrogen) atoms. The Balaban J connectivity index is 1.99. The maximum atomic E-state index is 13.0. The van der Waals surface area contributed by atoms with Gasteiger partial charge in [0.05, 0.1) is 10.6 Å². The molecule has 1 amide bonds. The number of carbonyl (C=O) groups excluding carboxylic acids is 1. The second-order valence-electron chi connectivity index (χ2n) is 5.57. The summed E-state index contributed by atoms with van der Waals surface area (Å²) in [5.74, 6) is 0.572. The Hall–Kier alpha value is -1.80. The van der Waals surface area contributed by atoms with Crippen LogP contribution in [0.4, 0.5) is 5.69 Å². The quantitative estimate of drug-likeness (QED) is 0.795. The molecule has 1 aliphatic carbocycles. The van der Waals surface area contributed by atoms with Crippen LogP contribution in [-0.4, -0.2) is 11.9 Å². The van der Waals surface area contributed by atoms with Crippen LogP contribution in [0.15, 0.2) is 54.6 Å². The number of anilines is 1. The lowest BCUT2D eigenvalue weighted by molar-refractivity contribution is 0.0976. The molecule has 0 aromatic heterocycles. The van der Waals surface area contributed by atoms with Gasteiger partial charge in [0.1, 0.15) is 0 Å². The van der Waals surface area contributed by atoms with Crippen LogP contribution in [0.3, 0.4) is 0 Å². The maximum absolute atomic E-state index is 13.0. The molecule has 0 aliphatic heterocycles. The molecule has 0 radical (unpaired) electrons. The van der Waals surface area contributed by atoms with Gasteiger partial charge in [0.25, 0.3) is 5.91 Å². The van der Waals surface area contributed by atoms with Gasteiger partial charge in [-0.25, -0.2) is 0 Å². The van der Waals surface area contributed by atoms with Gasteiger partial charge in [-0.05, 0) is 49.9 Å². The van der Waals surface area contributed by atoms with Gasteiger partial charge in [0.2, 0.25) is 0 Å². The minimum Gasteiger partial charge on any atom is -0.305 e. The number of para-hydroxylation sites is 1. The van der Waals surface area contributed by atoms with Crippen LogP contribution in [-0.2, 0) is 0 Å². The van der Waals surface area contributed by atoms with Crippen LogP contribution in [0.1, 0.15) is 30.1 Å². The fourth-order valence-electron chi connectivity index (χ4n) is 2.68. The molecule has 1 aliphatic rings. The molecule has 3 heteroatoms. The summed E-state index contributed by atoms with van der Waals surface area (Å²) in [5, 5.41) is 0.506. The summed E-state index contributed by atoms with van der Waals surface area (Å²) in [7, 11) is 0. The topological polar surface area (TPSA) is 20.3 Å². The van der Waals surface area contributed by atoms with Crippen molar-refractivity contribution in [3.05, 3.63) is 65.2 Å². The van der Waals surface area contributed by atoms with E-state index in [0.717, 1.165) is 5.69 Å². The highest BCUT2D eigenvalue weighted by Gasteiger charge is 2.35. The minimum absolute atomic E-state index is 0.0220. The molecule has 0 saturated heterocycles. The summed E-state index contributed by atoms with van der Waals surface area (Å²) in [6.07, 6.45) is 2.39. The lowest BCUT2D eigenvalue weighted by Crippen LogP contribution is -2.40. The van der Waals surface area contributed by atoms with Crippen molar-refractivity contribution in [2.24, 2.45) is 5.92 Å². The summed E-state index contributed by atoms with van der Waals surface area (Å²) in [4.78, 5) is 14.9. The van der Waals surface area contributed by atoms with Crippen molar-refractivity contribution in [2.45, 2.75) is 25.8 Å². The first-order valence-electron chi connectivity index (χ1n) is 7.31. The highest BCUT2D eigenvalue weighted by molar-refractivity contribution is 6.34. The van der Waals surface area contributed by atoms with Crippen LogP contribution < -0.4 is 4.90 Å². The number of hydrogen-bond donors (Lipinski definition) is 0. The van der Waals surface area contributed by atoms with Crippen LogP contribution in [0.2, 0.25) is 5.02 Å². The van der Waals surface area contributed by atoms with Gasteiger partial charge in [-0.15, -0.1) is 0 Å². The van der Waals surface area contributed by atoms with Gasteiger partial charge >= 0.3 is 0 Å². The van der Waals surface area contributed by atoms with E-state index in [1.165, 1.54) is 12.8 Å². The molecule has 2 aromatic rings. The van der Waals surface area contributed by atoms with Crippen molar-refractivity contribution in [3.8, 4) is 0 Å². The Labute approximate surface area is 130 Å². The smallest absolute Gasteiger partial charge is 0.260 e. The fourth-order valence-corrected chi connectivity index (χ4v) is 2.90. The number of benzene rings is 2. The van der Waals surface area contributed by atoms with Gasteiger partial charge in [-0.1, -0.05) is 41.9 Å². The zero-order valence-electron chi connectivity index (χ0n) is 12.0. The zero-order valence-corrected chi connectivity index (χ0v) is 12.8. The van der Waals surface area contributed by atoms with E-state index < -0.39 is 0 Å². The number of halogens is 1. The van der Waals surface area contributed by atoms with Crippen LogP contribution in [0, 0.1) is 5.92 Å². The molecule has 1 atom stereocenters. The first kappa shape index (κ1) is 14.2. The average molecular weight is 300 g/mol. The van der Waals surface area contributed by atoms with E-state index in [4.69, 9.17) is 11.6 Å². The molecule has 108 valence electrons. The summed E-state index contributed by atoms with van der Waals surface area (Å²) in [5.41, 5.74) is 1.50. The summed E-state index contributed by atoms with van der Waals surface area (Å²) in [6, 6.07) is 17.3. The minimum atomic E-state index is -0.0220. The van der Waals surface area contributed by atoms with Gasteiger partial charge in [0.15, 0.2) is 0 Å². The SMILES string of the molecule is C[C@H](C1CC1)N(C(=O)c1ccccc1Cl)c1ccccc1. The van der Waals surface area contributed by atoms with Crippen LogP contribution >= 0.6 is 11.6 Å². The normalized spacial score (nSPS) is 15.5. The maximum Gasteiger partial charge on any atom is 0.260 e. The van der Waals surface area contributed by atoms with Crippen molar-refractivity contribution >= 4 is 23.2 Å². The van der Waals surface area contributed by atoms with Crippen LogP contribution in [0.25, 0.3) is 0 Å². The van der Waals surface area contributed by atoms with Crippen LogP contribution in [0.5, 0.6) is 0 Å². The molecule has 0 bridgehead atoms. The second-order valence-corrected chi connectivity index (χ2v) is 5.98. The Bertz CT molecular complexity index is 637. The third-order valence-electron chi connectivity index (χ3n) is 4.07. The predicted molar refractivity (Wildman–Crippen MR) is 86.9 cm³/mol. The summed E-state index contributed by atoms with van der Waals surface area (Å²) < 4.78 is 0. The molecule has 2 aromatic carbocycles. The summed E-state index contributed by atoms with van der Waals surface area (Å²) in [6.45, 7) is 2.12. The standard InChI is InChI=1S/C18H18ClNO/c1-13(14-11-12-14)20(15-7-3-2-4-8-15)18(21)16-9-5-6-10-17(16)19/h2-10,13-14H,11-12H2,1H3/t13-/m1/s1. The highest BCUT2D eigenvalue weighted by Crippen LogP contribution is 2.37. The van der Waals surface area contributed by atoms with E-state index in [0.29, 0.717) is 16.5 Å². The molecular formula is C18H18ClNO. The van der Waals surface area contributed by atoms with E-state index in [2.05, 4.69) is 6.92 Å². The van der Waals surface area contributed by atoms with E-state index >= 15 is 0 Å². The van der Waals surface area contributed by atoms with Gasteiger partial charge in [-0.3, -0.25) is 4.79 Å². The highest BCUT2D eigenvalue weighted by atomic mass is 35.5. The lowest BCUT2D eigenvalue weighted by atomic mass is 10.1. The second kappa shape index (κ2) is 5.90. The van der Waals surface area contributed by atoms with E-state index in [9.17, 15) is 4.79 Å². The average Bonchev–Trinajstić information content (AvgIpc) is 3.33. The van der Waals surface area contributed by atoms with Gasteiger partial charge < -0.3 is 4.90 Å². The number of nitrogens with zero attached hydrogens (tertiary/aromatic N) is 1. The molecular weight excluding hydrogens is 282 g/mol. The first-order valence-corrected chi connectivity index (χ1v) is 7.69. The predicted octanol–water partition coefficient (Wildman–Crippen LogP) is 4.79. The Morgan fingerprint density at radius 3 is 2.33 bits per heavy atom. The molecule has 2 nitrogen and oxygen atoms in total. The number of amides is 1. The zero-order chi connectivity index (χ0) is 14.8. The molecule has 0 N–H and O–H groups in total. The fraction of sp³-hybridized carbons (Fsp3) is 0.278. The van der Waals surface area contributed by atoms with Crippen molar-refractivity contribution in [1.82, 2.24) is 0 Å². The number of rotatable bonds is 4.